The van der Waals surface area contributed by atoms with Crippen LogP contribution in [0.15, 0.2) is 35.3 Å². The molecule has 0 amide bonds. The Morgan fingerprint density at radius 2 is 1.60 bits per heavy atom. The molecule has 0 bridgehead atoms. The van der Waals surface area contributed by atoms with Crippen molar-refractivity contribution in [1.29, 1.82) is 0 Å². The third-order valence-corrected chi connectivity index (χ3v) is 5.51. The predicted octanol–water partition coefficient (Wildman–Crippen LogP) is 3.46. The summed E-state index contributed by atoms with van der Waals surface area (Å²) in [5.74, 6) is 0.730. The molecule has 3 rings (SSSR count). The van der Waals surface area contributed by atoms with Crippen LogP contribution in [0.4, 0.5) is 13.2 Å². The first-order chi connectivity index (χ1) is 13.9. The van der Waals surface area contributed by atoms with Gasteiger partial charge in [-0.25, -0.2) is 0 Å². The molecule has 0 saturated carbocycles. The highest BCUT2D eigenvalue weighted by Crippen LogP contribution is 2.20. The van der Waals surface area contributed by atoms with Gasteiger partial charge in [-0.05, 0) is 31.7 Å². The van der Waals surface area contributed by atoms with Crippen LogP contribution in [0, 0.1) is 0 Å². The van der Waals surface area contributed by atoms with E-state index in [2.05, 4.69) is 44.8 Å². The van der Waals surface area contributed by atoms with Crippen LogP contribution in [0.3, 0.4) is 0 Å². The quantitative estimate of drug-likeness (QED) is 0.330. The Balaban J connectivity index is 0.00000320. The van der Waals surface area contributed by atoms with Gasteiger partial charge in [-0.1, -0.05) is 30.3 Å². The first-order valence-corrected chi connectivity index (χ1v) is 10.5. The van der Waals surface area contributed by atoms with E-state index in [1.807, 2.05) is 13.0 Å². The minimum Gasteiger partial charge on any atom is -0.354 e. The van der Waals surface area contributed by atoms with Crippen LogP contribution in [-0.2, 0) is 6.54 Å². The fourth-order valence-corrected chi connectivity index (χ4v) is 4.10. The zero-order chi connectivity index (χ0) is 20.7. The fourth-order valence-electron chi connectivity index (χ4n) is 4.10. The molecule has 0 aliphatic carbocycles. The maximum atomic E-state index is 12.6. The van der Waals surface area contributed by atoms with Crippen molar-refractivity contribution >= 4 is 29.9 Å². The number of hydrogen-bond acceptors (Lipinski definition) is 3. The highest BCUT2D eigenvalue weighted by atomic mass is 127. The molecular formula is C21H33F3IN5. The average Bonchev–Trinajstić information content (AvgIpc) is 3.09. The summed E-state index contributed by atoms with van der Waals surface area (Å²) in [7, 11) is 0. The third kappa shape index (κ3) is 8.58. The topological polar surface area (TPSA) is 42.9 Å². The van der Waals surface area contributed by atoms with Crippen molar-refractivity contribution in [2.75, 3.05) is 39.3 Å². The normalized spacial score (nSPS) is 22.0. The summed E-state index contributed by atoms with van der Waals surface area (Å²) in [6.45, 7) is 5.66. The van der Waals surface area contributed by atoms with E-state index in [-0.39, 0.29) is 30.0 Å². The second-order valence-electron chi connectivity index (χ2n) is 7.98. The first kappa shape index (κ1) is 25.2. The van der Waals surface area contributed by atoms with E-state index in [4.69, 9.17) is 0 Å². The van der Waals surface area contributed by atoms with Gasteiger partial charge in [0.1, 0.15) is 0 Å². The van der Waals surface area contributed by atoms with E-state index < -0.39 is 12.7 Å². The van der Waals surface area contributed by atoms with Gasteiger partial charge in [0.2, 0.25) is 0 Å². The number of rotatable bonds is 6. The summed E-state index contributed by atoms with van der Waals surface area (Å²) < 4.78 is 37.8. The number of hydrogen-bond donors (Lipinski definition) is 2. The number of alkyl halides is 3. The van der Waals surface area contributed by atoms with Gasteiger partial charge in [0.05, 0.1) is 6.54 Å². The number of aliphatic imine (C=N–C) groups is 1. The minimum absolute atomic E-state index is 0. The van der Waals surface area contributed by atoms with E-state index in [0.717, 1.165) is 38.4 Å². The second kappa shape index (κ2) is 12.1. The Labute approximate surface area is 194 Å². The largest absolute Gasteiger partial charge is 0.401 e. The van der Waals surface area contributed by atoms with Gasteiger partial charge in [0.15, 0.2) is 5.96 Å². The van der Waals surface area contributed by atoms with Crippen LogP contribution in [0.2, 0.25) is 0 Å². The summed E-state index contributed by atoms with van der Waals surface area (Å²) in [5.41, 5.74) is 1.33. The van der Waals surface area contributed by atoms with E-state index in [1.165, 1.54) is 10.5 Å². The molecule has 1 aromatic carbocycles. The molecule has 9 heteroatoms. The number of likely N-dealkylation sites (tertiary alicyclic amines) is 2. The van der Waals surface area contributed by atoms with Gasteiger partial charge in [-0.15, -0.1) is 24.0 Å². The van der Waals surface area contributed by atoms with E-state index >= 15 is 0 Å². The van der Waals surface area contributed by atoms with Gasteiger partial charge in [0, 0.05) is 51.4 Å². The predicted molar refractivity (Wildman–Crippen MR) is 125 cm³/mol. The Bertz CT molecular complexity index is 648. The molecule has 0 spiro atoms. The molecule has 2 N–H and O–H groups in total. The van der Waals surface area contributed by atoms with E-state index in [1.54, 1.807) is 0 Å². The Kier molecular flexibility index (Phi) is 10.2. The standard InChI is InChI=1S/C21H32F3N5.HI/c1-2-25-20(27-19-10-13-29(15-19)16-21(22,23)24)26-18-8-11-28(12-9-18)14-17-6-4-3-5-7-17;/h3-7,18-19H,2,8-16H2,1H3,(H2,25,26,27);1H. The summed E-state index contributed by atoms with van der Waals surface area (Å²) in [6.07, 6.45) is -1.37. The number of halogens is 4. The maximum Gasteiger partial charge on any atom is 0.401 e. The summed E-state index contributed by atoms with van der Waals surface area (Å²) >= 11 is 0. The molecule has 1 unspecified atom stereocenters. The minimum atomic E-state index is -4.14. The monoisotopic (exact) mass is 539 g/mol. The lowest BCUT2D eigenvalue weighted by atomic mass is 10.0. The van der Waals surface area contributed by atoms with Crippen LogP contribution >= 0.6 is 24.0 Å². The number of guanidine groups is 1. The molecule has 5 nitrogen and oxygen atoms in total. The van der Waals surface area contributed by atoms with Crippen molar-refractivity contribution in [2.45, 2.75) is 51.0 Å². The van der Waals surface area contributed by atoms with Crippen LogP contribution in [0.1, 0.15) is 31.7 Å². The molecule has 170 valence electrons. The van der Waals surface area contributed by atoms with Crippen molar-refractivity contribution in [2.24, 2.45) is 4.99 Å². The maximum absolute atomic E-state index is 12.6. The molecule has 0 aromatic heterocycles. The molecule has 2 fully saturated rings. The molecule has 1 aromatic rings. The zero-order valence-electron chi connectivity index (χ0n) is 17.5. The van der Waals surface area contributed by atoms with Crippen LogP contribution in [0.5, 0.6) is 0 Å². The van der Waals surface area contributed by atoms with Crippen molar-refractivity contribution in [3.8, 4) is 0 Å². The van der Waals surface area contributed by atoms with E-state index in [9.17, 15) is 13.2 Å². The lowest BCUT2D eigenvalue weighted by molar-refractivity contribution is -0.143. The smallest absolute Gasteiger partial charge is 0.354 e. The molecular weight excluding hydrogens is 506 g/mol. The second-order valence-corrected chi connectivity index (χ2v) is 7.98. The van der Waals surface area contributed by atoms with E-state index in [0.29, 0.717) is 32.1 Å². The SMILES string of the molecule is CCN=C(NC1CCN(Cc2ccccc2)CC1)NC1CCN(CC(F)(F)F)C1.I. The Hall–Kier alpha value is -1.07. The molecule has 2 heterocycles. The van der Waals surface area contributed by atoms with Crippen molar-refractivity contribution in [3.05, 3.63) is 35.9 Å². The van der Waals surface area contributed by atoms with Crippen LogP contribution in [0.25, 0.3) is 0 Å². The Morgan fingerprint density at radius 3 is 2.23 bits per heavy atom. The molecule has 2 aliphatic heterocycles. The van der Waals surface area contributed by atoms with Crippen LogP contribution in [-0.4, -0.2) is 73.3 Å². The van der Waals surface area contributed by atoms with Gasteiger partial charge >= 0.3 is 6.18 Å². The lowest BCUT2D eigenvalue weighted by Crippen LogP contribution is -2.51. The fraction of sp³-hybridized carbons (Fsp3) is 0.667. The number of nitrogens with one attached hydrogen (secondary N) is 2. The van der Waals surface area contributed by atoms with Gasteiger partial charge in [-0.2, -0.15) is 13.2 Å². The molecule has 30 heavy (non-hydrogen) atoms. The highest BCUT2D eigenvalue weighted by molar-refractivity contribution is 14.0. The molecule has 2 saturated heterocycles. The average molecular weight is 539 g/mol. The Morgan fingerprint density at radius 1 is 1.00 bits per heavy atom. The van der Waals surface area contributed by atoms with Gasteiger partial charge in [-0.3, -0.25) is 14.8 Å². The van der Waals surface area contributed by atoms with Gasteiger partial charge in [0.25, 0.3) is 0 Å². The zero-order valence-corrected chi connectivity index (χ0v) is 19.8. The van der Waals surface area contributed by atoms with Gasteiger partial charge < -0.3 is 10.6 Å². The highest BCUT2D eigenvalue weighted by Gasteiger charge is 2.34. The van der Waals surface area contributed by atoms with Crippen molar-refractivity contribution in [3.63, 3.8) is 0 Å². The van der Waals surface area contributed by atoms with Crippen molar-refractivity contribution < 1.29 is 13.2 Å². The number of benzene rings is 1. The summed E-state index contributed by atoms with van der Waals surface area (Å²) in [4.78, 5) is 8.43. The number of nitrogens with zero attached hydrogens (tertiary/aromatic N) is 3. The molecule has 0 radical (unpaired) electrons. The molecule has 1 atom stereocenters. The first-order valence-electron chi connectivity index (χ1n) is 10.5. The summed E-state index contributed by atoms with van der Waals surface area (Å²) in [5, 5.41) is 6.85. The molecule has 2 aliphatic rings. The summed E-state index contributed by atoms with van der Waals surface area (Å²) in [6, 6.07) is 10.8. The third-order valence-electron chi connectivity index (χ3n) is 5.51. The van der Waals surface area contributed by atoms with Crippen molar-refractivity contribution in [1.82, 2.24) is 20.4 Å². The number of piperidine rings is 1. The van der Waals surface area contributed by atoms with Crippen LogP contribution < -0.4 is 10.6 Å². The lowest BCUT2D eigenvalue weighted by Gasteiger charge is -2.33.